The van der Waals surface area contributed by atoms with E-state index in [1.807, 2.05) is 51.1 Å². The van der Waals surface area contributed by atoms with Crippen LogP contribution in [-0.2, 0) is 32.6 Å². The molecule has 242 valence electrons. The van der Waals surface area contributed by atoms with E-state index in [0.717, 1.165) is 15.4 Å². The molecule has 0 unspecified atom stereocenters. The second-order valence-electron chi connectivity index (χ2n) is 11.2. The van der Waals surface area contributed by atoms with Crippen molar-refractivity contribution in [1.82, 2.24) is 10.2 Å². The van der Waals surface area contributed by atoms with E-state index in [9.17, 15) is 18.0 Å². The van der Waals surface area contributed by atoms with Crippen LogP contribution in [0.15, 0.2) is 102 Å². The average Bonchev–Trinajstić information content (AvgIpc) is 3.03. The van der Waals surface area contributed by atoms with E-state index >= 15 is 0 Å². The van der Waals surface area contributed by atoms with Crippen molar-refractivity contribution in [2.45, 2.75) is 50.7 Å². The van der Waals surface area contributed by atoms with Gasteiger partial charge in [-0.15, -0.1) is 0 Å². The fourth-order valence-electron chi connectivity index (χ4n) is 4.88. The fraction of sp³-hybridized carbons (Fsp3) is 0.257. The molecule has 4 aromatic rings. The Labute approximate surface area is 280 Å². The van der Waals surface area contributed by atoms with Crippen LogP contribution >= 0.6 is 23.2 Å². The number of ether oxygens (including phenoxy) is 1. The van der Waals surface area contributed by atoms with Crippen LogP contribution in [0.5, 0.6) is 5.75 Å². The Morgan fingerprint density at radius 2 is 1.50 bits per heavy atom. The van der Waals surface area contributed by atoms with E-state index in [0.29, 0.717) is 21.4 Å². The van der Waals surface area contributed by atoms with Crippen LogP contribution in [0.25, 0.3) is 0 Å². The summed E-state index contributed by atoms with van der Waals surface area (Å²) in [6.45, 7) is 4.92. The Morgan fingerprint density at radius 1 is 0.848 bits per heavy atom. The minimum atomic E-state index is -4.22. The average molecular weight is 683 g/mol. The van der Waals surface area contributed by atoms with E-state index < -0.39 is 28.5 Å². The molecule has 8 nitrogen and oxygen atoms in total. The van der Waals surface area contributed by atoms with Crippen molar-refractivity contribution in [2.24, 2.45) is 0 Å². The van der Waals surface area contributed by atoms with E-state index in [1.165, 1.54) is 24.1 Å². The van der Waals surface area contributed by atoms with Gasteiger partial charge >= 0.3 is 0 Å². The van der Waals surface area contributed by atoms with Crippen molar-refractivity contribution in [1.29, 1.82) is 0 Å². The largest absolute Gasteiger partial charge is 0.497 e. The second-order valence-corrected chi connectivity index (χ2v) is 13.8. The number of rotatable bonds is 13. The van der Waals surface area contributed by atoms with E-state index in [-0.39, 0.29) is 35.5 Å². The molecule has 0 aromatic heterocycles. The molecule has 0 spiro atoms. The first-order valence-corrected chi connectivity index (χ1v) is 16.9. The lowest BCUT2D eigenvalue weighted by molar-refractivity contribution is -0.140. The van der Waals surface area contributed by atoms with Gasteiger partial charge in [-0.3, -0.25) is 13.9 Å². The minimum absolute atomic E-state index is 0.0242. The van der Waals surface area contributed by atoms with Gasteiger partial charge in [-0.1, -0.05) is 77.3 Å². The number of carbonyl (C=O) groups is 2. The van der Waals surface area contributed by atoms with E-state index in [2.05, 4.69) is 5.32 Å². The molecule has 46 heavy (non-hydrogen) atoms. The first-order valence-electron chi connectivity index (χ1n) is 14.7. The van der Waals surface area contributed by atoms with Crippen molar-refractivity contribution in [3.63, 3.8) is 0 Å². The third kappa shape index (κ3) is 8.81. The monoisotopic (exact) mass is 681 g/mol. The molecule has 0 fully saturated rings. The molecule has 0 aliphatic carbocycles. The maximum absolute atomic E-state index is 14.5. The first kappa shape index (κ1) is 34.8. The van der Waals surface area contributed by atoms with Crippen LogP contribution in [0.3, 0.4) is 0 Å². The SMILES string of the molecule is COc1ccc(N(CC(=O)N(Cc2ccc(Cl)c(Cl)c2)[C@H](Cc2ccccc2)C(=O)NC(C)C)S(=O)(=O)c2ccc(C)cc2)cc1. The van der Waals surface area contributed by atoms with Crippen molar-refractivity contribution in [3.05, 3.63) is 124 Å². The maximum Gasteiger partial charge on any atom is 0.264 e. The summed E-state index contributed by atoms with van der Waals surface area (Å²) in [7, 11) is -2.71. The summed E-state index contributed by atoms with van der Waals surface area (Å²) in [4.78, 5) is 29.7. The second kappa shape index (κ2) is 15.5. The van der Waals surface area contributed by atoms with Gasteiger partial charge in [0.2, 0.25) is 11.8 Å². The lowest BCUT2D eigenvalue weighted by atomic mass is 10.0. The molecule has 0 saturated heterocycles. The number of anilines is 1. The smallest absolute Gasteiger partial charge is 0.264 e. The van der Waals surface area contributed by atoms with Crippen LogP contribution in [0.2, 0.25) is 10.0 Å². The number of hydrogen-bond acceptors (Lipinski definition) is 5. The van der Waals surface area contributed by atoms with E-state index in [4.69, 9.17) is 27.9 Å². The number of nitrogens with one attached hydrogen (secondary N) is 1. The normalized spacial score (nSPS) is 12.0. The zero-order valence-electron chi connectivity index (χ0n) is 26.1. The standard InChI is InChI=1S/C35H37Cl2N3O5S/c1-24(2)38-35(42)33(21-26-8-6-5-7-9-26)39(22-27-12-19-31(36)32(37)20-27)34(41)23-40(28-13-15-29(45-4)16-14-28)46(43,44)30-17-10-25(3)11-18-30/h5-20,24,33H,21-23H2,1-4H3,(H,38,42)/t33-/m1/s1. The molecule has 0 aliphatic rings. The van der Waals surface area contributed by atoms with Gasteiger partial charge < -0.3 is 15.0 Å². The minimum Gasteiger partial charge on any atom is -0.497 e. The van der Waals surface area contributed by atoms with Gasteiger partial charge in [0.1, 0.15) is 18.3 Å². The Bertz CT molecular complexity index is 1750. The number of aryl methyl sites for hydroxylation is 1. The highest BCUT2D eigenvalue weighted by Crippen LogP contribution is 2.28. The number of methoxy groups -OCH3 is 1. The summed E-state index contributed by atoms with van der Waals surface area (Å²) in [6.07, 6.45) is 0.194. The van der Waals surface area contributed by atoms with Gasteiger partial charge in [0.15, 0.2) is 0 Å². The summed E-state index contributed by atoms with van der Waals surface area (Å²) in [5, 5.41) is 3.57. The summed E-state index contributed by atoms with van der Waals surface area (Å²) in [5.74, 6) is -0.431. The lowest BCUT2D eigenvalue weighted by Crippen LogP contribution is -2.54. The van der Waals surface area contributed by atoms with Crippen molar-refractivity contribution < 1.29 is 22.7 Å². The predicted molar refractivity (Wildman–Crippen MR) is 183 cm³/mol. The molecule has 11 heteroatoms. The zero-order chi connectivity index (χ0) is 33.4. The summed E-state index contributed by atoms with van der Waals surface area (Å²) < 4.78 is 34.6. The van der Waals surface area contributed by atoms with Crippen LogP contribution in [0.4, 0.5) is 5.69 Å². The molecular formula is C35H37Cl2N3O5S. The third-order valence-corrected chi connectivity index (χ3v) is 9.81. The molecule has 1 N–H and O–H groups in total. The molecule has 1 atom stereocenters. The van der Waals surface area contributed by atoms with Crippen molar-refractivity contribution in [3.8, 4) is 5.75 Å². The zero-order valence-corrected chi connectivity index (χ0v) is 28.4. The Kier molecular flexibility index (Phi) is 11.7. The van der Waals surface area contributed by atoms with Gasteiger partial charge in [-0.2, -0.15) is 0 Å². The van der Waals surface area contributed by atoms with Crippen LogP contribution in [0.1, 0.15) is 30.5 Å². The van der Waals surface area contributed by atoms with Gasteiger partial charge in [-0.05, 0) is 80.4 Å². The number of sulfonamides is 1. The highest BCUT2D eigenvalue weighted by Gasteiger charge is 2.35. The van der Waals surface area contributed by atoms with Gasteiger partial charge in [0.25, 0.3) is 10.0 Å². The Balaban J connectivity index is 1.82. The maximum atomic E-state index is 14.5. The molecule has 0 heterocycles. The Morgan fingerprint density at radius 3 is 2.09 bits per heavy atom. The summed E-state index contributed by atoms with van der Waals surface area (Å²) in [6, 6.07) is 25.9. The quantitative estimate of drug-likeness (QED) is 0.170. The van der Waals surface area contributed by atoms with Gasteiger partial charge in [0, 0.05) is 19.0 Å². The molecule has 0 aliphatic heterocycles. The topological polar surface area (TPSA) is 96.0 Å². The number of nitrogens with zero attached hydrogens (tertiary/aromatic N) is 2. The fourth-order valence-corrected chi connectivity index (χ4v) is 6.62. The highest BCUT2D eigenvalue weighted by molar-refractivity contribution is 7.92. The number of benzene rings is 4. The number of amides is 2. The molecule has 2 amide bonds. The number of carbonyl (C=O) groups excluding carboxylic acids is 2. The van der Waals surface area contributed by atoms with E-state index in [1.54, 1.807) is 54.6 Å². The van der Waals surface area contributed by atoms with Gasteiger partial charge in [0.05, 0.1) is 27.7 Å². The van der Waals surface area contributed by atoms with Crippen LogP contribution in [0, 0.1) is 6.92 Å². The van der Waals surface area contributed by atoms with Gasteiger partial charge in [-0.25, -0.2) is 8.42 Å². The first-order chi connectivity index (χ1) is 21.9. The number of hydrogen-bond donors (Lipinski definition) is 1. The number of halogens is 2. The van der Waals surface area contributed by atoms with Crippen molar-refractivity contribution in [2.75, 3.05) is 18.0 Å². The van der Waals surface area contributed by atoms with Crippen molar-refractivity contribution >= 4 is 50.7 Å². The van der Waals surface area contributed by atoms with Crippen LogP contribution < -0.4 is 14.4 Å². The lowest BCUT2D eigenvalue weighted by Gasteiger charge is -2.34. The summed E-state index contributed by atoms with van der Waals surface area (Å²) in [5.41, 5.74) is 2.60. The molecule has 4 rings (SSSR count). The van der Waals surface area contributed by atoms with Crippen LogP contribution in [-0.4, -0.2) is 50.9 Å². The third-order valence-electron chi connectivity index (χ3n) is 7.29. The molecule has 0 saturated carbocycles. The molecular weight excluding hydrogens is 645 g/mol. The molecule has 0 radical (unpaired) electrons. The Hall–Kier alpha value is -4.05. The predicted octanol–water partition coefficient (Wildman–Crippen LogP) is 6.67. The molecule has 0 bridgehead atoms. The molecule has 4 aromatic carbocycles. The highest BCUT2D eigenvalue weighted by atomic mass is 35.5. The summed E-state index contributed by atoms with van der Waals surface area (Å²) >= 11 is 12.5.